The zero-order valence-electron chi connectivity index (χ0n) is 23.1. The summed E-state index contributed by atoms with van der Waals surface area (Å²) in [5.74, 6) is 1.23. The maximum absolute atomic E-state index is 13.6. The first-order valence-electron chi connectivity index (χ1n) is 14.2. The molecule has 10 nitrogen and oxygen atoms in total. The number of hydrogen-bond donors (Lipinski definition) is 3. The van der Waals surface area contributed by atoms with E-state index in [-0.39, 0.29) is 40.9 Å². The molecule has 2 aromatic carbocycles. The maximum Gasteiger partial charge on any atom is 0.297 e. The van der Waals surface area contributed by atoms with Crippen LogP contribution >= 0.6 is 0 Å². The molecule has 1 saturated heterocycles. The standard InChI is InChI=1S/C30H35N5O5S/c1-20-6-7-21(28(36)33-22-8-9-22)18-25(20)35-15-13-32-27(29(35)37)34-30(11-12-30)24-4-2-3-5-26(24)40-16-14-31-23-10-17-41(38,39)19-23/h2-7,13,15,18,22-23,31H,8-12,14,16-17,19H2,1H3,(H,32,34)(H,33,36). The Morgan fingerprint density at radius 2 is 1.93 bits per heavy atom. The third kappa shape index (κ3) is 6.15. The summed E-state index contributed by atoms with van der Waals surface area (Å²) in [5, 5.41) is 9.69. The summed E-state index contributed by atoms with van der Waals surface area (Å²) in [6, 6.07) is 13.4. The van der Waals surface area contributed by atoms with Crippen LogP contribution in [0, 0.1) is 6.92 Å². The highest BCUT2D eigenvalue weighted by atomic mass is 32.2. The van der Waals surface area contributed by atoms with Gasteiger partial charge in [0.25, 0.3) is 11.5 Å². The fourth-order valence-corrected chi connectivity index (χ4v) is 7.08. The third-order valence-electron chi connectivity index (χ3n) is 8.02. The molecule has 1 atom stereocenters. The van der Waals surface area contributed by atoms with E-state index < -0.39 is 15.4 Å². The summed E-state index contributed by atoms with van der Waals surface area (Å²) < 4.78 is 31.1. The van der Waals surface area contributed by atoms with E-state index in [1.165, 1.54) is 4.57 Å². The number of para-hydroxylation sites is 1. The number of anilines is 1. The molecule has 0 spiro atoms. The van der Waals surface area contributed by atoms with E-state index >= 15 is 0 Å². The lowest BCUT2D eigenvalue weighted by atomic mass is 10.0. The third-order valence-corrected chi connectivity index (χ3v) is 9.79. The van der Waals surface area contributed by atoms with Crippen LogP contribution in [0.15, 0.2) is 59.7 Å². The van der Waals surface area contributed by atoms with Crippen molar-refractivity contribution in [2.75, 3.05) is 30.0 Å². The van der Waals surface area contributed by atoms with Crippen molar-refractivity contribution in [1.29, 1.82) is 0 Å². The van der Waals surface area contributed by atoms with E-state index in [1.807, 2.05) is 37.3 Å². The van der Waals surface area contributed by atoms with Crippen LogP contribution in [0.25, 0.3) is 5.69 Å². The SMILES string of the molecule is Cc1ccc(C(=O)NC2CC2)cc1-n1ccnc(NC2(c3ccccc3OCCNC3CCS(=O)(=O)C3)CC2)c1=O. The molecular weight excluding hydrogens is 542 g/mol. The quantitative estimate of drug-likeness (QED) is 0.297. The molecule has 1 aromatic heterocycles. The van der Waals surface area contributed by atoms with Crippen LogP contribution in [0.5, 0.6) is 5.75 Å². The van der Waals surface area contributed by atoms with Gasteiger partial charge in [0.1, 0.15) is 12.4 Å². The summed E-state index contributed by atoms with van der Waals surface area (Å²) in [6.07, 6.45) is 7.48. The molecule has 1 unspecified atom stereocenters. The largest absolute Gasteiger partial charge is 0.492 e. The summed E-state index contributed by atoms with van der Waals surface area (Å²) in [7, 11) is -2.93. The van der Waals surface area contributed by atoms with Crippen molar-refractivity contribution >= 4 is 21.6 Å². The van der Waals surface area contributed by atoms with Gasteiger partial charge < -0.3 is 20.7 Å². The lowest BCUT2D eigenvalue weighted by molar-refractivity contribution is 0.0951. The molecule has 11 heteroatoms. The first kappa shape index (κ1) is 27.5. The molecular formula is C30H35N5O5S. The Kier molecular flexibility index (Phi) is 7.33. The minimum Gasteiger partial charge on any atom is -0.492 e. The van der Waals surface area contributed by atoms with Crippen LogP contribution in [0.4, 0.5) is 5.82 Å². The number of nitrogens with one attached hydrogen (secondary N) is 3. The van der Waals surface area contributed by atoms with Crippen molar-refractivity contribution < 1.29 is 17.9 Å². The summed E-state index contributed by atoms with van der Waals surface area (Å²) >= 11 is 0. The van der Waals surface area contributed by atoms with Gasteiger partial charge in [-0.05, 0) is 62.8 Å². The van der Waals surface area contributed by atoms with Gasteiger partial charge in [0.15, 0.2) is 15.7 Å². The fourth-order valence-electron chi connectivity index (χ4n) is 5.37. The zero-order valence-corrected chi connectivity index (χ0v) is 23.9. The van der Waals surface area contributed by atoms with E-state index in [0.717, 1.165) is 42.6 Å². The first-order valence-corrected chi connectivity index (χ1v) is 16.0. The summed E-state index contributed by atoms with van der Waals surface area (Å²) in [5.41, 5.74) is 2.21. The second-order valence-electron chi connectivity index (χ2n) is 11.3. The van der Waals surface area contributed by atoms with Crippen molar-refractivity contribution in [3.63, 3.8) is 0 Å². The van der Waals surface area contributed by atoms with Gasteiger partial charge in [-0.1, -0.05) is 24.3 Å². The zero-order chi connectivity index (χ0) is 28.6. The average Bonchev–Trinajstić information content (AvgIpc) is 3.89. The van der Waals surface area contributed by atoms with Crippen LogP contribution in [0.3, 0.4) is 0 Å². The van der Waals surface area contributed by atoms with Gasteiger partial charge in [-0.2, -0.15) is 0 Å². The number of carbonyl (C=O) groups is 1. The van der Waals surface area contributed by atoms with Crippen molar-refractivity contribution in [3.8, 4) is 11.4 Å². The van der Waals surface area contributed by atoms with Gasteiger partial charge in [0.05, 0.1) is 22.7 Å². The molecule has 3 aromatic rings. The Hall–Kier alpha value is -3.70. The monoisotopic (exact) mass is 577 g/mol. The van der Waals surface area contributed by atoms with Crippen molar-refractivity contribution in [2.45, 2.75) is 56.7 Å². The Morgan fingerprint density at radius 3 is 2.66 bits per heavy atom. The Bertz CT molecular complexity index is 1630. The predicted octanol–water partition coefficient (Wildman–Crippen LogP) is 2.69. The number of hydrogen-bond acceptors (Lipinski definition) is 8. The lowest BCUT2D eigenvalue weighted by Crippen LogP contribution is -2.33. The van der Waals surface area contributed by atoms with Crippen LogP contribution in [-0.2, 0) is 15.4 Å². The number of nitrogens with zero attached hydrogens (tertiary/aromatic N) is 2. The van der Waals surface area contributed by atoms with Crippen LogP contribution in [0.1, 0.15) is 53.6 Å². The molecule has 2 heterocycles. The highest BCUT2D eigenvalue weighted by molar-refractivity contribution is 7.91. The van der Waals surface area contributed by atoms with Gasteiger partial charge in [0, 0.05) is 42.1 Å². The Balaban J connectivity index is 1.18. The normalized spacial score (nSPS) is 20.4. The number of rotatable bonds is 11. The smallest absolute Gasteiger partial charge is 0.297 e. The number of amides is 1. The molecule has 1 amide bonds. The number of sulfone groups is 1. The number of benzene rings is 2. The molecule has 3 aliphatic rings. The number of aromatic nitrogens is 2. The molecule has 3 N–H and O–H groups in total. The molecule has 2 saturated carbocycles. The lowest BCUT2D eigenvalue weighted by Gasteiger charge is -2.22. The number of aryl methyl sites for hydroxylation is 1. The second kappa shape index (κ2) is 10.9. The van der Waals surface area contributed by atoms with Gasteiger partial charge in [-0.3, -0.25) is 14.2 Å². The van der Waals surface area contributed by atoms with E-state index in [4.69, 9.17) is 4.74 Å². The molecule has 41 heavy (non-hydrogen) atoms. The summed E-state index contributed by atoms with van der Waals surface area (Å²) in [4.78, 5) is 30.7. The number of ether oxygens (including phenoxy) is 1. The van der Waals surface area contributed by atoms with Crippen molar-refractivity contribution in [3.05, 3.63) is 81.9 Å². The van der Waals surface area contributed by atoms with Crippen LogP contribution < -0.4 is 26.2 Å². The van der Waals surface area contributed by atoms with E-state index in [0.29, 0.717) is 30.8 Å². The molecule has 3 fully saturated rings. The van der Waals surface area contributed by atoms with E-state index in [1.54, 1.807) is 24.5 Å². The van der Waals surface area contributed by atoms with Crippen LogP contribution in [0.2, 0.25) is 0 Å². The predicted molar refractivity (Wildman–Crippen MR) is 157 cm³/mol. The fraction of sp³-hybridized carbons (Fsp3) is 0.433. The van der Waals surface area contributed by atoms with Crippen molar-refractivity contribution in [1.82, 2.24) is 20.2 Å². The second-order valence-corrected chi connectivity index (χ2v) is 13.5. The Labute approximate surface area is 239 Å². The molecule has 6 rings (SSSR count). The van der Waals surface area contributed by atoms with Crippen LogP contribution in [-0.4, -0.2) is 60.6 Å². The van der Waals surface area contributed by atoms with Crippen molar-refractivity contribution in [2.24, 2.45) is 0 Å². The van der Waals surface area contributed by atoms with Gasteiger partial charge in [-0.25, -0.2) is 13.4 Å². The highest BCUT2D eigenvalue weighted by Gasteiger charge is 2.47. The molecule has 2 aliphatic carbocycles. The highest BCUT2D eigenvalue weighted by Crippen LogP contribution is 2.50. The molecule has 0 bridgehead atoms. The molecule has 0 radical (unpaired) electrons. The molecule has 216 valence electrons. The number of carbonyl (C=O) groups excluding carboxylic acids is 1. The molecule has 1 aliphatic heterocycles. The maximum atomic E-state index is 13.6. The topological polar surface area (TPSA) is 131 Å². The first-order chi connectivity index (χ1) is 19.7. The summed E-state index contributed by atoms with van der Waals surface area (Å²) in [6.45, 7) is 2.84. The van der Waals surface area contributed by atoms with E-state index in [9.17, 15) is 18.0 Å². The minimum atomic E-state index is -2.93. The Morgan fingerprint density at radius 1 is 1.12 bits per heavy atom. The van der Waals surface area contributed by atoms with E-state index in [2.05, 4.69) is 20.9 Å². The van der Waals surface area contributed by atoms with Gasteiger partial charge in [0.2, 0.25) is 0 Å². The van der Waals surface area contributed by atoms with Gasteiger partial charge in [-0.15, -0.1) is 0 Å². The minimum absolute atomic E-state index is 0.0291. The average molecular weight is 578 g/mol. The van der Waals surface area contributed by atoms with Gasteiger partial charge >= 0.3 is 0 Å².